The van der Waals surface area contributed by atoms with Crippen LogP contribution in [-0.4, -0.2) is 40.8 Å². The second-order valence-electron chi connectivity index (χ2n) is 4.27. The van der Waals surface area contributed by atoms with E-state index < -0.39 is 10.2 Å². The zero-order chi connectivity index (χ0) is 14.9. The van der Waals surface area contributed by atoms with Crippen LogP contribution in [0.5, 0.6) is 0 Å². The van der Waals surface area contributed by atoms with Crippen molar-refractivity contribution in [3.63, 3.8) is 0 Å². The van der Waals surface area contributed by atoms with Crippen molar-refractivity contribution in [3.05, 3.63) is 42.4 Å². The molecule has 0 unspecified atom stereocenters. The summed E-state index contributed by atoms with van der Waals surface area (Å²) in [6.07, 6.45) is 1.42. The van der Waals surface area contributed by atoms with E-state index >= 15 is 0 Å². The van der Waals surface area contributed by atoms with Crippen LogP contribution in [-0.2, 0) is 10.2 Å². The highest BCUT2D eigenvalue weighted by Gasteiger charge is 2.23. The van der Waals surface area contributed by atoms with Gasteiger partial charge < -0.3 is 5.73 Å². The summed E-state index contributed by atoms with van der Waals surface area (Å²) in [7, 11) is -0.857. The third-order valence-corrected chi connectivity index (χ3v) is 4.56. The number of imidazole rings is 1. The SMILES string of the molecule is CN(C)S(=O)(=O)n1cc(-c2ccccc2)nc1C(N)=S. The predicted molar refractivity (Wildman–Crippen MR) is 81.6 cm³/mol. The van der Waals surface area contributed by atoms with E-state index in [-0.39, 0.29) is 10.8 Å². The fraction of sp³-hybridized carbons (Fsp3) is 0.167. The van der Waals surface area contributed by atoms with Crippen molar-refractivity contribution in [1.82, 2.24) is 13.3 Å². The minimum absolute atomic E-state index is 0.0487. The van der Waals surface area contributed by atoms with Crippen LogP contribution in [0.25, 0.3) is 11.3 Å². The maximum atomic E-state index is 12.2. The van der Waals surface area contributed by atoms with Crippen molar-refractivity contribution in [2.75, 3.05) is 14.1 Å². The summed E-state index contributed by atoms with van der Waals surface area (Å²) < 4.78 is 26.5. The maximum Gasteiger partial charge on any atom is 0.308 e. The number of thiocarbonyl (C=S) groups is 1. The van der Waals surface area contributed by atoms with Crippen LogP contribution < -0.4 is 5.73 Å². The van der Waals surface area contributed by atoms with Gasteiger partial charge in [-0.05, 0) is 0 Å². The van der Waals surface area contributed by atoms with Crippen LogP contribution in [0.4, 0.5) is 0 Å². The molecule has 0 amide bonds. The largest absolute Gasteiger partial charge is 0.387 e. The standard InChI is InChI=1S/C12H14N4O2S2/c1-15(2)20(17,18)16-8-10(14-12(16)11(13)19)9-6-4-3-5-7-9/h3-8H,1-2H3,(H2,13,19). The van der Waals surface area contributed by atoms with Gasteiger partial charge in [-0.3, -0.25) is 0 Å². The monoisotopic (exact) mass is 310 g/mol. The topological polar surface area (TPSA) is 81.2 Å². The number of benzene rings is 1. The van der Waals surface area contributed by atoms with Gasteiger partial charge in [0.25, 0.3) is 0 Å². The van der Waals surface area contributed by atoms with Crippen molar-refractivity contribution in [2.24, 2.45) is 5.73 Å². The third kappa shape index (κ3) is 2.58. The average molecular weight is 310 g/mol. The van der Waals surface area contributed by atoms with Crippen LogP contribution in [0.2, 0.25) is 0 Å². The molecule has 0 spiro atoms. The Kier molecular flexibility index (Phi) is 3.89. The number of hydrogen-bond acceptors (Lipinski definition) is 4. The van der Waals surface area contributed by atoms with Gasteiger partial charge >= 0.3 is 10.2 Å². The Hall–Kier alpha value is -1.77. The lowest BCUT2D eigenvalue weighted by Gasteiger charge is -2.13. The molecule has 1 heterocycles. The summed E-state index contributed by atoms with van der Waals surface area (Å²) >= 11 is 4.88. The molecule has 2 rings (SSSR count). The minimum atomic E-state index is -3.72. The second-order valence-corrected chi connectivity index (χ2v) is 6.73. The summed E-state index contributed by atoms with van der Waals surface area (Å²) in [5, 5.41) is 0. The molecular weight excluding hydrogens is 296 g/mol. The lowest BCUT2D eigenvalue weighted by atomic mass is 10.2. The zero-order valence-electron chi connectivity index (χ0n) is 11.0. The Bertz CT molecular complexity index is 736. The Morgan fingerprint density at radius 1 is 1.30 bits per heavy atom. The Morgan fingerprint density at radius 3 is 2.40 bits per heavy atom. The fourth-order valence-corrected chi connectivity index (χ4v) is 2.77. The van der Waals surface area contributed by atoms with Crippen molar-refractivity contribution in [2.45, 2.75) is 0 Å². The fourth-order valence-electron chi connectivity index (χ4n) is 1.63. The molecule has 0 atom stereocenters. The van der Waals surface area contributed by atoms with Crippen LogP contribution >= 0.6 is 12.2 Å². The van der Waals surface area contributed by atoms with Crippen LogP contribution in [0.15, 0.2) is 36.5 Å². The molecule has 0 bridgehead atoms. The molecule has 0 aliphatic heterocycles. The Morgan fingerprint density at radius 2 is 1.90 bits per heavy atom. The first-order valence-electron chi connectivity index (χ1n) is 5.71. The van der Waals surface area contributed by atoms with E-state index in [1.54, 1.807) is 0 Å². The normalized spacial score (nSPS) is 11.8. The molecule has 0 saturated heterocycles. The van der Waals surface area contributed by atoms with Gasteiger partial charge in [-0.1, -0.05) is 42.5 Å². The number of nitrogens with two attached hydrogens (primary N) is 1. The molecule has 0 fully saturated rings. The highest BCUT2D eigenvalue weighted by atomic mass is 32.2. The molecule has 20 heavy (non-hydrogen) atoms. The lowest BCUT2D eigenvalue weighted by molar-refractivity contribution is 0.510. The van der Waals surface area contributed by atoms with Gasteiger partial charge in [-0.25, -0.2) is 8.96 Å². The van der Waals surface area contributed by atoms with Gasteiger partial charge in [-0.2, -0.15) is 12.7 Å². The minimum Gasteiger partial charge on any atom is -0.387 e. The van der Waals surface area contributed by atoms with Crippen molar-refractivity contribution >= 4 is 27.4 Å². The number of aromatic nitrogens is 2. The average Bonchev–Trinajstić information content (AvgIpc) is 2.85. The maximum absolute atomic E-state index is 12.2. The van der Waals surface area contributed by atoms with E-state index in [0.717, 1.165) is 13.8 Å². The Balaban J connectivity index is 2.65. The molecule has 0 radical (unpaired) electrons. The van der Waals surface area contributed by atoms with Crippen molar-refractivity contribution in [1.29, 1.82) is 0 Å². The summed E-state index contributed by atoms with van der Waals surface area (Å²) in [4.78, 5) is 4.15. The molecule has 2 aromatic rings. The number of nitrogens with zero attached hydrogens (tertiary/aromatic N) is 3. The van der Waals surface area contributed by atoms with Crippen molar-refractivity contribution in [3.8, 4) is 11.3 Å². The smallest absolute Gasteiger partial charge is 0.308 e. The highest BCUT2D eigenvalue weighted by molar-refractivity contribution is 7.87. The number of hydrogen-bond donors (Lipinski definition) is 1. The molecule has 0 saturated carbocycles. The third-order valence-electron chi connectivity index (χ3n) is 2.67. The van der Waals surface area contributed by atoms with E-state index in [4.69, 9.17) is 18.0 Å². The summed E-state index contributed by atoms with van der Waals surface area (Å²) in [6.45, 7) is 0. The van der Waals surface area contributed by atoms with E-state index in [9.17, 15) is 8.42 Å². The molecule has 1 aromatic heterocycles. The summed E-state index contributed by atoms with van der Waals surface area (Å²) in [6, 6.07) is 9.21. The van der Waals surface area contributed by atoms with Gasteiger partial charge in [0.05, 0.1) is 11.9 Å². The van der Waals surface area contributed by atoms with E-state index in [2.05, 4.69) is 4.98 Å². The number of rotatable bonds is 4. The molecule has 0 aliphatic rings. The molecular formula is C12H14N4O2S2. The van der Waals surface area contributed by atoms with Gasteiger partial charge in [-0.15, -0.1) is 0 Å². The van der Waals surface area contributed by atoms with E-state index in [1.165, 1.54) is 20.3 Å². The van der Waals surface area contributed by atoms with Crippen LogP contribution in [0, 0.1) is 0 Å². The van der Waals surface area contributed by atoms with Crippen LogP contribution in [0.1, 0.15) is 5.82 Å². The van der Waals surface area contributed by atoms with Gasteiger partial charge in [0.2, 0.25) is 0 Å². The van der Waals surface area contributed by atoms with Gasteiger partial charge in [0.15, 0.2) is 5.82 Å². The molecule has 6 nitrogen and oxygen atoms in total. The highest BCUT2D eigenvalue weighted by Crippen LogP contribution is 2.20. The summed E-state index contributed by atoms with van der Waals surface area (Å²) in [5.41, 5.74) is 6.86. The molecule has 0 aliphatic carbocycles. The van der Waals surface area contributed by atoms with Gasteiger partial charge in [0, 0.05) is 19.7 Å². The van der Waals surface area contributed by atoms with Gasteiger partial charge in [0.1, 0.15) is 4.99 Å². The molecule has 106 valence electrons. The first-order chi connectivity index (χ1) is 9.34. The lowest BCUT2D eigenvalue weighted by Crippen LogP contribution is -2.31. The first-order valence-corrected chi connectivity index (χ1v) is 7.52. The first kappa shape index (κ1) is 14.6. The molecule has 8 heteroatoms. The molecule has 2 N–H and O–H groups in total. The van der Waals surface area contributed by atoms with E-state index in [1.807, 2.05) is 30.3 Å². The molecule has 1 aromatic carbocycles. The zero-order valence-corrected chi connectivity index (χ0v) is 12.6. The second kappa shape index (κ2) is 5.31. The van der Waals surface area contributed by atoms with Crippen LogP contribution in [0.3, 0.4) is 0 Å². The predicted octanol–water partition coefficient (Wildman–Crippen LogP) is 0.839. The Labute approximate surface area is 123 Å². The summed E-state index contributed by atoms with van der Waals surface area (Å²) in [5.74, 6) is 0.0487. The van der Waals surface area contributed by atoms with E-state index in [0.29, 0.717) is 5.69 Å². The van der Waals surface area contributed by atoms with Crippen molar-refractivity contribution < 1.29 is 8.42 Å². The quantitative estimate of drug-likeness (QED) is 0.846.